The summed E-state index contributed by atoms with van der Waals surface area (Å²) in [7, 11) is 1.36. The van der Waals surface area contributed by atoms with Gasteiger partial charge in [-0.25, -0.2) is 9.37 Å². The number of nitrogens with two attached hydrogens (primary N) is 1. The van der Waals surface area contributed by atoms with E-state index in [1.165, 1.54) is 37.6 Å². The minimum absolute atomic E-state index is 0.0193. The first-order valence-electron chi connectivity index (χ1n) is 12.7. The highest BCUT2D eigenvalue weighted by molar-refractivity contribution is 6.00. The fraction of sp³-hybridized carbons (Fsp3) is 0.241. The molecule has 216 valence electrons. The Morgan fingerprint density at radius 1 is 1.19 bits per heavy atom. The lowest BCUT2D eigenvalue weighted by atomic mass is 9.89. The number of hydrogen-bond acceptors (Lipinski definition) is 7. The molecule has 0 spiro atoms. The number of alkyl halides is 3. The number of amides is 2. The number of nitrogens with zero attached hydrogens (tertiary/aromatic N) is 2. The molecule has 2 unspecified atom stereocenters. The third-order valence-corrected chi connectivity index (χ3v) is 7.72. The van der Waals surface area contributed by atoms with E-state index < -0.39 is 53.2 Å². The molecule has 1 aliphatic heterocycles. The zero-order valence-electron chi connectivity index (χ0n) is 21.8. The van der Waals surface area contributed by atoms with Gasteiger partial charge in [-0.15, -0.1) is 0 Å². The van der Waals surface area contributed by atoms with Gasteiger partial charge in [0.05, 0.1) is 19.3 Å². The van der Waals surface area contributed by atoms with Gasteiger partial charge in [0.1, 0.15) is 34.3 Å². The molecule has 2 aromatic carbocycles. The minimum Gasteiger partial charge on any atom is -0.494 e. The number of aromatic nitrogens is 2. The molecule has 3 atom stereocenters. The summed E-state index contributed by atoms with van der Waals surface area (Å²) in [6.45, 7) is -1.33. The van der Waals surface area contributed by atoms with Crippen LogP contribution in [0, 0.1) is 5.82 Å². The second-order valence-electron chi connectivity index (χ2n) is 10.2. The average molecular weight is 583 g/mol. The lowest BCUT2D eigenvalue weighted by Gasteiger charge is -2.31. The Labute approximate surface area is 235 Å². The zero-order chi connectivity index (χ0) is 30.0. The molecular formula is C29H22F4N4O5. The number of hydrogen-bond donors (Lipinski definition) is 3. The molecule has 4 aromatic rings. The van der Waals surface area contributed by atoms with Crippen LogP contribution < -0.4 is 20.5 Å². The van der Waals surface area contributed by atoms with Crippen molar-refractivity contribution in [2.24, 2.45) is 5.73 Å². The number of pyridine rings is 2. The van der Waals surface area contributed by atoms with Gasteiger partial charge in [-0.1, -0.05) is 6.07 Å². The van der Waals surface area contributed by atoms with Gasteiger partial charge in [0.25, 0.3) is 5.91 Å². The lowest BCUT2D eigenvalue weighted by molar-refractivity contribution is -0.265. The third kappa shape index (κ3) is 4.11. The van der Waals surface area contributed by atoms with Crippen LogP contribution in [0.2, 0.25) is 0 Å². The lowest BCUT2D eigenvalue weighted by Crippen LogP contribution is -2.51. The minimum atomic E-state index is -5.34. The van der Waals surface area contributed by atoms with Crippen LogP contribution in [0.15, 0.2) is 60.8 Å². The summed E-state index contributed by atoms with van der Waals surface area (Å²) in [5.74, 6) is -2.09. The summed E-state index contributed by atoms with van der Waals surface area (Å²) < 4.78 is 68.6. The number of fused-ring (bicyclic) bond motifs is 4. The second-order valence-corrected chi connectivity index (χ2v) is 10.2. The van der Waals surface area contributed by atoms with Crippen molar-refractivity contribution in [2.75, 3.05) is 13.7 Å². The van der Waals surface area contributed by atoms with Crippen molar-refractivity contribution in [1.82, 2.24) is 15.3 Å². The molecule has 1 aliphatic carbocycles. The van der Waals surface area contributed by atoms with E-state index in [1.807, 2.05) is 0 Å². The number of methoxy groups -OCH3 is 1. The molecule has 2 amide bonds. The Kier molecular flexibility index (Phi) is 6.12. The smallest absolute Gasteiger partial charge is 0.424 e. The monoisotopic (exact) mass is 582 g/mol. The summed E-state index contributed by atoms with van der Waals surface area (Å²) in [5, 5.41) is 13.9. The van der Waals surface area contributed by atoms with Gasteiger partial charge in [0.2, 0.25) is 11.5 Å². The largest absolute Gasteiger partial charge is 0.494 e. The molecule has 42 heavy (non-hydrogen) atoms. The van der Waals surface area contributed by atoms with E-state index in [4.69, 9.17) is 15.2 Å². The van der Waals surface area contributed by atoms with Gasteiger partial charge in [0.15, 0.2) is 5.75 Å². The van der Waals surface area contributed by atoms with Gasteiger partial charge in [-0.05, 0) is 48.5 Å². The van der Waals surface area contributed by atoms with Gasteiger partial charge < -0.3 is 25.6 Å². The number of aliphatic hydroxyl groups is 1. The SMILES string of the molecule is COc1cc(C(=O)NCC(O)(c2cc3c(c(-c4ccc(F)cc4)n2)OC2C[C@@]32C(N)=O)C(F)(F)F)cc2cccnc12. The number of benzene rings is 2. The van der Waals surface area contributed by atoms with Crippen LogP contribution in [0.5, 0.6) is 11.5 Å². The molecule has 2 aliphatic rings. The van der Waals surface area contributed by atoms with Crippen molar-refractivity contribution < 1.29 is 41.7 Å². The molecule has 0 saturated heterocycles. The highest BCUT2D eigenvalue weighted by Crippen LogP contribution is 2.61. The van der Waals surface area contributed by atoms with E-state index in [0.29, 0.717) is 10.9 Å². The van der Waals surface area contributed by atoms with E-state index in [1.54, 1.807) is 12.1 Å². The molecule has 9 nitrogen and oxygen atoms in total. The van der Waals surface area contributed by atoms with Crippen molar-refractivity contribution in [2.45, 2.75) is 29.7 Å². The van der Waals surface area contributed by atoms with Gasteiger partial charge in [0, 0.05) is 34.7 Å². The highest BCUT2D eigenvalue weighted by Gasteiger charge is 2.69. The summed E-state index contributed by atoms with van der Waals surface area (Å²) >= 11 is 0. The maximum absolute atomic E-state index is 14.6. The van der Waals surface area contributed by atoms with Crippen molar-refractivity contribution in [3.8, 4) is 22.8 Å². The molecule has 0 radical (unpaired) electrons. The number of primary amides is 1. The maximum Gasteiger partial charge on any atom is 0.424 e. The first-order valence-corrected chi connectivity index (χ1v) is 12.7. The number of carbonyl (C=O) groups is 2. The van der Waals surface area contributed by atoms with Crippen LogP contribution >= 0.6 is 0 Å². The van der Waals surface area contributed by atoms with Crippen molar-refractivity contribution >= 4 is 22.7 Å². The Hall–Kier alpha value is -4.78. The topological polar surface area (TPSA) is 137 Å². The van der Waals surface area contributed by atoms with Crippen molar-refractivity contribution in [3.05, 3.63) is 83.4 Å². The number of carbonyl (C=O) groups excluding carboxylic acids is 2. The van der Waals surface area contributed by atoms with Gasteiger partial charge in [-0.3, -0.25) is 14.6 Å². The molecule has 4 N–H and O–H groups in total. The summed E-state index contributed by atoms with van der Waals surface area (Å²) in [5.41, 5.74) is 0.106. The van der Waals surface area contributed by atoms with Crippen LogP contribution in [0.4, 0.5) is 17.6 Å². The highest BCUT2D eigenvalue weighted by atomic mass is 19.4. The summed E-state index contributed by atoms with van der Waals surface area (Å²) in [4.78, 5) is 33.8. The average Bonchev–Trinajstić information content (AvgIpc) is 3.61. The second kappa shape index (κ2) is 9.38. The number of ether oxygens (including phenoxy) is 2. The molecular weight excluding hydrogens is 560 g/mol. The van der Waals surface area contributed by atoms with E-state index >= 15 is 0 Å². The number of nitrogens with one attached hydrogen (secondary N) is 1. The van der Waals surface area contributed by atoms with Crippen molar-refractivity contribution in [3.63, 3.8) is 0 Å². The van der Waals surface area contributed by atoms with Crippen LogP contribution in [-0.4, -0.2) is 52.8 Å². The van der Waals surface area contributed by atoms with Crippen LogP contribution in [0.1, 0.15) is 28.0 Å². The van der Waals surface area contributed by atoms with E-state index in [9.17, 15) is 32.3 Å². The van der Waals surface area contributed by atoms with E-state index in [0.717, 1.165) is 18.2 Å². The van der Waals surface area contributed by atoms with E-state index in [2.05, 4.69) is 15.3 Å². The van der Waals surface area contributed by atoms with Gasteiger partial charge >= 0.3 is 6.18 Å². The first kappa shape index (κ1) is 27.4. The van der Waals surface area contributed by atoms with Gasteiger partial charge in [-0.2, -0.15) is 13.2 Å². The molecule has 13 heteroatoms. The standard InChI is InChI=1S/C29H22F4N4O5/c1-41-19-10-16(9-15-3-2-8-35-22(15)19)25(38)36-13-28(40,29(31,32)33)20-11-18-24(42-21-12-27(18,21)26(34)39)23(37-20)14-4-6-17(30)7-5-14/h2-11,21,40H,12-13H2,1H3,(H2,34,39)(H,36,38)/t21?,27-,28?/m1/s1. The third-order valence-electron chi connectivity index (χ3n) is 7.72. The fourth-order valence-corrected chi connectivity index (χ4v) is 5.28. The predicted octanol–water partition coefficient (Wildman–Crippen LogP) is 3.51. The number of halogens is 4. The first-order chi connectivity index (χ1) is 19.9. The molecule has 0 bridgehead atoms. The van der Waals surface area contributed by atoms with Crippen LogP contribution in [-0.2, 0) is 15.8 Å². The normalized spacial score (nSPS) is 20.2. The summed E-state index contributed by atoms with van der Waals surface area (Å²) in [6, 6.07) is 11.7. The van der Waals surface area contributed by atoms with Crippen LogP contribution in [0.25, 0.3) is 22.2 Å². The summed E-state index contributed by atoms with van der Waals surface area (Å²) in [6.07, 6.45) is -4.39. The Morgan fingerprint density at radius 2 is 1.93 bits per heavy atom. The van der Waals surface area contributed by atoms with Crippen LogP contribution in [0.3, 0.4) is 0 Å². The Bertz CT molecular complexity index is 1760. The Morgan fingerprint density at radius 3 is 2.60 bits per heavy atom. The molecule has 1 fully saturated rings. The molecule has 2 aromatic heterocycles. The quantitative estimate of drug-likeness (QED) is 0.284. The zero-order valence-corrected chi connectivity index (χ0v) is 21.8. The molecule has 3 heterocycles. The fourth-order valence-electron chi connectivity index (χ4n) is 5.28. The molecule has 6 rings (SSSR count). The van der Waals surface area contributed by atoms with E-state index in [-0.39, 0.29) is 40.3 Å². The van der Waals surface area contributed by atoms with Crippen molar-refractivity contribution in [1.29, 1.82) is 0 Å². The number of rotatable bonds is 7. The molecule has 1 saturated carbocycles. The maximum atomic E-state index is 14.6. The predicted molar refractivity (Wildman–Crippen MR) is 140 cm³/mol. The Balaban J connectivity index is 1.42.